The molecule has 2 aromatic carbocycles. The quantitative estimate of drug-likeness (QED) is 0.0737. The molecule has 0 aliphatic heterocycles. The Labute approximate surface area is 319 Å². The number of hydrogen-bond acceptors (Lipinski definition) is 4. The van der Waals surface area contributed by atoms with Gasteiger partial charge in [-0.05, 0) is 116 Å². The van der Waals surface area contributed by atoms with Gasteiger partial charge in [0.1, 0.15) is 6.10 Å². The maximum atomic E-state index is 7.40. The Bertz CT molecular complexity index is 1320. The highest BCUT2D eigenvalue weighted by Gasteiger charge is 2.50. The van der Waals surface area contributed by atoms with Crippen LogP contribution in [-0.4, -0.2) is 62.6 Å². The number of unbranched alkanes of at least 4 members (excludes halogenated alkanes) is 1. The summed E-state index contributed by atoms with van der Waals surface area (Å²) in [6, 6.07) is 22.2. The lowest BCUT2D eigenvalue weighted by atomic mass is 9.78. The van der Waals surface area contributed by atoms with Gasteiger partial charge in [-0.1, -0.05) is 130 Å². The summed E-state index contributed by atoms with van der Waals surface area (Å²) < 4.78 is 28.3. The summed E-state index contributed by atoms with van der Waals surface area (Å²) in [7, 11) is -6.57. The molecule has 2 aromatic rings. The largest absolute Gasteiger partial charge is 0.417 e. The van der Waals surface area contributed by atoms with Gasteiger partial charge in [-0.2, -0.15) is 0 Å². The highest BCUT2D eigenvalue weighted by Crippen LogP contribution is 2.47. The normalized spacial score (nSPS) is 21.4. The van der Waals surface area contributed by atoms with Gasteiger partial charge in [-0.25, -0.2) is 0 Å². The molecule has 1 fully saturated rings. The van der Waals surface area contributed by atoms with E-state index in [0.29, 0.717) is 12.5 Å². The minimum Gasteiger partial charge on any atom is -0.417 e. The molecule has 0 radical (unpaired) electrons. The van der Waals surface area contributed by atoms with Gasteiger partial charge in [0.05, 0.1) is 12.2 Å². The lowest BCUT2D eigenvalue weighted by molar-refractivity contribution is -0.102. The molecular formula is C43H75O4PSi3. The number of benzene rings is 2. The smallest absolute Gasteiger partial charge is 0.193 e. The molecule has 8 heteroatoms. The molecule has 0 heterocycles. The maximum absolute atomic E-state index is 7.40. The Balaban J connectivity index is 1.93. The Morgan fingerprint density at radius 1 is 0.647 bits per heavy atom. The molecule has 4 nitrogen and oxygen atoms in total. The van der Waals surface area contributed by atoms with Crippen LogP contribution in [-0.2, 0) is 18.0 Å². The van der Waals surface area contributed by atoms with Crippen molar-refractivity contribution in [2.24, 2.45) is 5.92 Å². The average molecular weight is 771 g/mol. The molecule has 1 aliphatic rings. The zero-order valence-electron chi connectivity index (χ0n) is 35.3. The summed E-state index contributed by atoms with van der Waals surface area (Å²) in [4.78, 5) is 0. The van der Waals surface area contributed by atoms with E-state index in [1.807, 2.05) is 0 Å². The molecule has 0 amide bonds. The van der Waals surface area contributed by atoms with Gasteiger partial charge in [0, 0.05) is 13.2 Å². The topological polar surface area (TPSA) is 36.9 Å². The molecule has 288 valence electrons. The van der Waals surface area contributed by atoms with Crippen LogP contribution in [0.5, 0.6) is 0 Å². The van der Waals surface area contributed by atoms with Crippen molar-refractivity contribution in [3.63, 3.8) is 0 Å². The molecule has 1 saturated carbocycles. The first-order chi connectivity index (χ1) is 23.4. The van der Waals surface area contributed by atoms with Crippen LogP contribution in [0.3, 0.4) is 0 Å². The molecule has 51 heavy (non-hydrogen) atoms. The third-order valence-corrected chi connectivity index (χ3v) is 28.6. The van der Waals surface area contributed by atoms with E-state index >= 15 is 0 Å². The van der Waals surface area contributed by atoms with Gasteiger partial charge in [-0.15, -0.1) is 0 Å². The van der Waals surface area contributed by atoms with Crippen molar-refractivity contribution in [1.29, 1.82) is 0 Å². The van der Waals surface area contributed by atoms with Crippen LogP contribution in [0.1, 0.15) is 88.0 Å². The second-order valence-electron chi connectivity index (χ2n) is 19.5. The lowest BCUT2D eigenvalue weighted by Gasteiger charge is -2.50. The second kappa shape index (κ2) is 17.7. The summed E-state index contributed by atoms with van der Waals surface area (Å²) in [5, 5.41) is 3.24. The summed E-state index contributed by atoms with van der Waals surface area (Å²) >= 11 is 0. The number of rotatable bonds is 16. The van der Waals surface area contributed by atoms with E-state index in [1.54, 1.807) is 0 Å². The van der Waals surface area contributed by atoms with Crippen LogP contribution >= 0.6 is 7.92 Å². The fourth-order valence-electron chi connectivity index (χ4n) is 5.88. The van der Waals surface area contributed by atoms with E-state index in [0.717, 1.165) is 38.5 Å². The first kappa shape index (κ1) is 44.5. The van der Waals surface area contributed by atoms with Crippen molar-refractivity contribution in [2.45, 2.75) is 161 Å². The molecule has 0 spiro atoms. The Hall–Kier alpha value is -0.899. The minimum absolute atomic E-state index is 0.0423. The van der Waals surface area contributed by atoms with E-state index in [9.17, 15) is 0 Å². The van der Waals surface area contributed by atoms with Gasteiger partial charge in [0.25, 0.3) is 0 Å². The van der Waals surface area contributed by atoms with E-state index in [-0.39, 0.29) is 33.4 Å². The van der Waals surface area contributed by atoms with Crippen LogP contribution in [0.25, 0.3) is 0 Å². The predicted octanol–water partition coefficient (Wildman–Crippen LogP) is 12.1. The van der Waals surface area contributed by atoms with Gasteiger partial charge >= 0.3 is 0 Å². The predicted molar refractivity (Wildman–Crippen MR) is 232 cm³/mol. The van der Waals surface area contributed by atoms with E-state index in [1.165, 1.54) is 16.2 Å². The number of ether oxygens (including phenoxy) is 1. The minimum atomic E-state index is -2.18. The van der Waals surface area contributed by atoms with Crippen molar-refractivity contribution in [1.82, 2.24) is 0 Å². The van der Waals surface area contributed by atoms with Crippen molar-refractivity contribution in [2.75, 3.05) is 19.4 Å². The molecule has 0 saturated heterocycles. The molecule has 4 atom stereocenters. The Morgan fingerprint density at radius 2 is 1.10 bits per heavy atom. The molecule has 0 aromatic heterocycles. The SMILES string of the molecule is C=C1C(CCP(c2ccccc2)c2ccccc2)C[C@@H](O[Si](C)(C)C(C)(C)C)[C@@H](OCCCCO[Si](C)(C)C(C)(C)C)[C@@H]1O[Si](C)(C)C(C)(C)C. The third-order valence-electron chi connectivity index (χ3n) is 12.5. The fourth-order valence-corrected chi connectivity index (χ4v) is 12.0. The molecule has 1 unspecified atom stereocenters. The molecule has 1 aliphatic carbocycles. The summed E-state index contributed by atoms with van der Waals surface area (Å²) in [6.07, 6.45) is 4.62. The zero-order chi connectivity index (χ0) is 38.5. The summed E-state index contributed by atoms with van der Waals surface area (Å²) in [5.41, 5.74) is 1.21. The Morgan fingerprint density at radius 3 is 1.57 bits per heavy atom. The second-order valence-corrected chi connectivity index (χ2v) is 36.1. The standard InChI is InChI=1S/C43H75O4PSi3/c1-34-35(29-32-48(36-25-19-17-20-26-36)37-27-21-18-22-28-37)33-38(46-50(13,14)42(5,6)7)40(39(34)47-51(15,16)43(8,9)10)44-30-23-24-31-45-49(11,12)41(2,3)4/h17-22,25-28,35,38-40H,1,23-24,29-33H2,2-16H3/t35?,38-,39-,40-/m1/s1. The number of hydrogen-bond donors (Lipinski definition) is 0. The highest BCUT2D eigenvalue weighted by molar-refractivity contribution is 7.73. The summed E-state index contributed by atoms with van der Waals surface area (Å²) in [5.74, 6) is 0.296. The van der Waals surface area contributed by atoms with Gasteiger partial charge < -0.3 is 18.0 Å². The van der Waals surface area contributed by atoms with Gasteiger partial charge in [0.15, 0.2) is 25.0 Å². The average Bonchev–Trinajstić information content (AvgIpc) is 3.01. The first-order valence-corrected chi connectivity index (χ1v) is 29.8. The van der Waals surface area contributed by atoms with Crippen molar-refractivity contribution < 1.29 is 18.0 Å². The molecule has 3 rings (SSSR count). The highest BCUT2D eigenvalue weighted by atomic mass is 31.1. The monoisotopic (exact) mass is 770 g/mol. The van der Waals surface area contributed by atoms with Gasteiger partial charge in [-0.3, -0.25) is 0 Å². The van der Waals surface area contributed by atoms with Crippen LogP contribution in [0.2, 0.25) is 54.4 Å². The van der Waals surface area contributed by atoms with Crippen LogP contribution in [0, 0.1) is 5.92 Å². The van der Waals surface area contributed by atoms with Crippen molar-refractivity contribution in [3.8, 4) is 0 Å². The van der Waals surface area contributed by atoms with E-state index in [4.69, 9.17) is 24.6 Å². The summed E-state index contributed by atoms with van der Waals surface area (Å²) in [6.45, 7) is 41.4. The molecule has 0 bridgehead atoms. The maximum Gasteiger partial charge on any atom is 0.193 e. The fraction of sp³-hybridized carbons (Fsp3) is 0.674. The van der Waals surface area contributed by atoms with Crippen LogP contribution in [0.15, 0.2) is 72.8 Å². The molecular weight excluding hydrogens is 696 g/mol. The van der Waals surface area contributed by atoms with Gasteiger partial charge in [0.2, 0.25) is 0 Å². The van der Waals surface area contributed by atoms with Crippen molar-refractivity contribution in [3.05, 3.63) is 72.8 Å². The van der Waals surface area contributed by atoms with Crippen LogP contribution < -0.4 is 10.6 Å². The van der Waals surface area contributed by atoms with Crippen molar-refractivity contribution >= 4 is 43.5 Å². The van der Waals surface area contributed by atoms with E-state index in [2.05, 4.69) is 162 Å². The first-order valence-electron chi connectivity index (χ1n) is 19.6. The third kappa shape index (κ3) is 12.0. The van der Waals surface area contributed by atoms with Crippen LogP contribution in [0.4, 0.5) is 0 Å². The molecule has 0 N–H and O–H groups in total. The zero-order valence-corrected chi connectivity index (χ0v) is 39.2. The van der Waals surface area contributed by atoms with E-state index < -0.39 is 32.9 Å². The Kier molecular flexibility index (Phi) is 15.4. The lowest BCUT2D eigenvalue weighted by Crippen LogP contribution is -2.58.